The fourth-order valence-corrected chi connectivity index (χ4v) is 2.85. The van der Waals surface area contributed by atoms with Crippen LogP contribution in [0.15, 0.2) is 66.9 Å². The molecule has 0 aliphatic rings. The van der Waals surface area contributed by atoms with Crippen LogP contribution in [0.1, 0.15) is 11.3 Å². The molecule has 0 spiro atoms. The number of aromatic amines is 1. The highest BCUT2D eigenvalue weighted by atomic mass is 15.1. The molecule has 4 nitrogen and oxygen atoms in total. The van der Waals surface area contributed by atoms with E-state index in [4.69, 9.17) is 0 Å². The number of H-pyrrole nitrogens is 1. The SMILES string of the molecule is Cc1[nH]nc2ncc(-c3ccccc3NCc3ccccc3)cc12. The van der Waals surface area contributed by atoms with Gasteiger partial charge in [0.05, 0.1) is 0 Å². The van der Waals surface area contributed by atoms with Crippen LogP contribution in [0.25, 0.3) is 22.2 Å². The van der Waals surface area contributed by atoms with Crippen LogP contribution in [0.5, 0.6) is 0 Å². The monoisotopic (exact) mass is 314 g/mol. The second-order valence-corrected chi connectivity index (χ2v) is 5.83. The number of para-hydroxylation sites is 1. The van der Waals surface area contributed by atoms with Crippen molar-refractivity contribution < 1.29 is 0 Å². The van der Waals surface area contributed by atoms with Gasteiger partial charge in [-0.25, -0.2) is 4.98 Å². The number of aromatic nitrogens is 3. The molecule has 0 atom stereocenters. The molecule has 0 fully saturated rings. The average Bonchev–Trinajstić information content (AvgIpc) is 3.02. The lowest BCUT2D eigenvalue weighted by molar-refractivity contribution is 1.05. The molecule has 2 aromatic carbocycles. The number of hydrogen-bond acceptors (Lipinski definition) is 3. The summed E-state index contributed by atoms with van der Waals surface area (Å²) in [6.07, 6.45) is 1.88. The third-order valence-corrected chi connectivity index (χ3v) is 4.16. The number of nitrogens with zero attached hydrogens (tertiary/aromatic N) is 2. The quantitative estimate of drug-likeness (QED) is 0.581. The van der Waals surface area contributed by atoms with Crippen LogP contribution < -0.4 is 5.32 Å². The maximum absolute atomic E-state index is 4.47. The van der Waals surface area contributed by atoms with Crippen molar-refractivity contribution in [3.05, 3.63) is 78.1 Å². The van der Waals surface area contributed by atoms with Gasteiger partial charge < -0.3 is 5.32 Å². The zero-order valence-corrected chi connectivity index (χ0v) is 13.5. The molecule has 0 amide bonds. The summed E-state index contributed by atoms with van der Waals surface area (Å²) in [6.45, 7) is 2.80. The van der Waals surface area contributed by atoms with Crippen LogP contribution in [0.3, 0.4) is 0 Å². The predicted octanol–water partition coefficient (Wildman–Crippen LogP) is 4.55. The average molecular weight is 314 g/mol. The molecule has 0 aliphatic heterocycles. The first-order valence-electron chi connectivity index (χ1n) is 7.99. The Bertz CT molecular complexity index is 973. The minimum absolute atomic E-state index is 0.756. The summed E-state index contributed by atoms with van der Waals surface area (Å²) in [5, 5.41) is 11.8. The first-order chi connectivity index (χ1) is 11.8. The highest BCUT2D eigenvalue weighted by Crippen LogP contribution is 2.30. The van der Waals surface area contributed by atoms with Gasteiger partial charge in [-0.1, -0.05) is 48.5 Å². The first-order valence-corrected chi connectivity index (χ1v) is 7.99. The largest absolute Gasteiger partial charge is 0.380 e. The van der Waals surface area contributed by atoms with Crippen LogP contribution in [-0.4, -0.2) is 15.2 Å². The Balaban J connectivity index is 1.68. The standard InChI is InChI=1S/C20H18N4/c1-14-18-11-16(13-22-20(18)24-23-14)17-9-5-6-10-19(17)21-12-15-7-3-2-4-8-15/h2-11,13,21H,12H2,1H3,(H,22,23,24). The molecule has 0 aliphatic carbocycles. The van der Waals surface area contributed by atoms with Crippen LogP contribution >= 0.6 is 0 Å². The number of anilines is 1. The summed E-state index contributed by atoms with van der Waals surface area (Å²) >= 11 is 0. The van der Waals surface area contributed by atoms with Crippen molar-refractivity contribution in [2.45, 2.75) is 13.5 Å². The lowest BCUT2D eigenvalue weighted by Gasteiger charge is -2.12. The zero-order chi connectivity index (χ0) is 16.4. The molecule has 2 N–H and O–H groups in total. The molecule has 0 saturated heterocycles. The van der Waals surface area contributed by atoms with Gasteiger partial charge in [0.25, 0.3) is 0 Å². The summed E-state index contributed by atoms with van der Waals surface area (Å²) in [5.74, 6) is 0. The van der Waals surface area contributed by atoms with Crippen LogP contribution in [0.2, 0.25) is 0 Å². The van der Waals surface area contributed by atoms with Gasteiger partial charge in [-0.15, -0.1) is 0 Å². The topological polar surface area (TPSA) is 53.6 Å². The van der Waals surface area contributed by atoms with E-state index >= 15 is 0 Å². The number of pyridine rings is 1. The van der Waals surface area contributed by atoms with Gasteiger partial charge in [0.15, 0.2) is 5.65 Å². The van der Waals surface area contributed by atoms with Crippen LogP contribution in [-0.2, 0) is 6.54 Å². The van der Waals surface area contributed by atoms with E-state index in [0.29, 0.717) is 0 Å². The Morgan fingerprint density at radius 1 is 1.00 bits per heavy atom. The van der Waals surface area contributed by atoms with Crippen LogP contribution in [0.4, 0.5) is 5.69 Å². The highest BCUT2D eigenvalue weighted by molar-refractivity contribution is 5.86. The molecule has 0 radical (unpaired) electrons. The lowest BCUT2D eigenvalue weighted by atomic mass is 10.0. The first kappa shape index (κ1) is 14.5. The third-order valence-electron chi connectivity index (χ3n) is 4.16. The summed E-state index contributed by atoms with van der Waals surface area (Å²) in [4.78, 5) is 4.47. The molecule has 118 valence electrons. The molecule has 2 heterocycles. The molecular weight excluding hydrogens is 296 g/mol. The van der Waals surface area contributed by atoms with Crippen molar-refractivity contribution in [1.29, 1.82) is 0 Å². The second kappa shape index (κ2) is 6.16. The van der Waals surface area contributed by atoms with Gasteiger partial charge in [-0.05, 0) is 24.6 Å². The van der Waals surface area contributed by atoms with E-state index in [9.17, 15) is 0 Å². The molecule has 4 aromatic rings. The van der Waals surface area contributed by atoms with Gasteiger partial charge in [-0.3, -0.25) is 5.10 Å². The Morgan fingerprint density at radius 3 is 2.67 bits per heavy atom. The number of hydrogen-bond donors (Lipinski definition) is 2. The summed E-state index contributed by atoms with van der Waals surface area (Å²) in [7, 11) is 0. The van der Waals surface area contributed by atoms with Crippen molar-refractivity contribution in [3.8, 4) is 11.1 Å². The highest BCUT2D eigenvalue weighted by Gasteiger charge is 2.09. The number of benzene rings is 2. The summed E-state index contributed by atoms with van der Waals surface area (Å²) in [6, 6.07) is 20.9. The minimum Gasteiger partial charge on any atom is -0.380 e. The molecule has 0 bridgehead atoms. The fourth-order valence-electron chi connectivity index (χ4n) is 2.85. The number of nitrogens with one attached hydrogen (secondary N) is 2. The Hall–Kier alpha value is -3.14. The van der Waals surface area contributed by atoms with Crippen molar-refractivity contribution in [2.24, 2.45) is 0 Å². The number of aryl methyl sites for hydroxylation is 1. The van der Waals surface area contributed by atoms with E-state index in [1.54, 1.807) is 0 Å². The van der Waals surface area contributed by atoms with Crippen molar-refractivity contribution in [3.63, 3.8) is 0 Å². The van der Waals surface area contributed by atoms with Gasteiger partial charge in [0, 0.05) is 40.6 Å². The molecule has 4 rings (SSSR count). The molecule has 0 unspecified atom stereocenters. The van der Waals surface area contributed by atoms with E-state index < -0.39 is 0 Å². The van der Waals surface area contributed by atoms with Crippen molar-refractivity contribution >= 4 is 16.7 Å². The van der Waals surface area contributed by atoms with Gasteiger partial charge in [0.1, 0.15) is 0 Å². The third kappa shape index (κ3) is 2.74. The maximum atomic E-state index is 4.47. The Morgan fingerprint density at radius 2 is 1.79 bits per heavy atom. The maximum Gasteiger partial charge on any atom is 0.181 e. The van der Waals surface area contributed by atoms with E-state index in [1.807, 2.05) is 25.3 Å². The normalized spacial score (nSPS) is 10.9. The summed E-state index contributed by atoms with van der Waals surface area (Å²) < 4.78 is 0. The van der Waals surface area contributed by atoms with Gasteiger partial charge in [0.2, 0.25) is 0 Å². The minimum atomic E-state index is 0.756. The zero-order valence-electron chi connectivity index (χ0n) is 13.5. The predicted molar refractivity (Wildman–Crippen MR) is 97.8 cm³/mol. The number of fused-ring (bicyclic) bond motifs is 1. The van der Waals surface area contributed by atoms with E-state index in [1.165, 1.54) is 5.56 Å². The van der Waals surface area contributed by atoms with Gasteiger partial charge >= 0.3 is 0 Å². The Kier molecular flexibility index (Phi) is 3.71. The Labute approximate surface area is 140 Å². The lowest BCUT2D eigenvalue weighted by Crippen LogP contribution is -2.00. The van der Waals surface area contributed by atoms with Crippen molar-refractivity contribution in [2.75, 3.05) is 5.32 Å². The fraction of sp³-hybridized carbons (Fsp3) is 0.100. The molecule has 2 aromatic heterocycles. The molecule has 0 saturated carbocycles. The van der Waals surface area contributed by atoms with Crippen LogP contribution in [0, 0.1) is 6.92 Å². The second-order valence-electron chi connectivity index (χ2n) is 5.83. The van der Waals surface area contributed by atoms with Gasteiger partial charge in [-0.2, -0.15) is 5.10 Å². The van der Waals surface area contributed by atoms with Crippen molar-refractivity contribution in [1.82, 2.24) is 15.2 Å². The molecule has 4 heteroatoms. The summed E-state index contributed by atoms with van der Waals surface area (Å²) in [5.41, 5.74) is 6.38. The molecular formula is C20H18N4. The van der Waals surface area contributed by atoms with E-state index in [2.05, 4.69) is 69.0 Å². The smallest absolute Gasteiger partial charge is 0.181 e. The van der Waals surface area contributed by atoms with E-state index in [0.717, 1.165) is 40.1 Å². The molecule has 24 heavy (non-hydrogen) atoms. The van der Waals surface area contributed by atoms with E-state index in [-0.39, 0.29) is 0 Å². The number of rotatable bonds is 4.